The second-order valence-corrected chi connectivity index (χ2v) is 11.0. The van der Waals surface area contributed by atoms with Crippen LogP contribution in [0.3, 0.4) is 0 Å². The van der Waals surface area contributed by atoms with Gasteiger partial charge in [0.05, 0.1) is 8.07 Å². The van der Waals surface area contributed by atoms with Crippen molar-refractivity contribution >= 4 is 13.3 Å². The fourth-order valence-corrected chi connectivity index (χ4v) is 7.48. The molecule has 1 fully saturated rings. The van der Waals surface area contributed by atoms with Gasteiger partial charge in [0, 0.05) is 0 Å². The molecule has 0 radical (unpaired) electrons. The van der Waals surface area contributed by atoms with Crippen molar-refractivity contribution in [2.24, 2.45) is 11.8 Å². The van der Waals surface area contributed by atoms with Gasteiger partial charge in [-0.15, -0.1) is 12.0 Å². The molecule has 1 aromatic rings. The van der Waals surface area contributed by atoms with E-state index in [-0.39, 0.29) is 58.9 Å². The molecule has 0 bridgehead atoms. The molecule has 4 atom stereocenters. The molecule has 3 rings (SSSR count). The number of hydrogen-bond acceptors (Lipinski definition) is 0. The number of hydrogen-bond donors (Lipinski definition) is 0. The molecule has 5 heteroatoms. The molecule has 0 amide bonds. The van der Waals surface area contributed by atoms with Crippen molar-refractivity contribution in [1.82, 2.24) is 0 Å². The van der Waals surface area contributed by atoms with E-state index in [1.165, 1.54) is 12.5 Å². The molecule has 1 aromatic carbocycles. The first-order valence-corrected chi connectivity index (χ1v) is 10.3. The van der Waals surface area contributed by atoms with Crippen molar-refractivity contribution in [3.63, 3.8) is 0 Å². The van der Waals surface area contributed by atoms with Gasteiger partial charge in [0.2, 0.25) is 0 Å². The largest absolute Gasteiger partial charge is 4.00 e. The van der Waals surface area contributed by atoms with Crippen molar-refractivity contribution < 1.29 is 58.9 Å². The van der Waals surface area contributed by atoms with E-state index in [1.54, 1.807) is 5.19 Å². The van der Waals surface area contributed by atoms with E-state index in [0.29, 0.717) is 5.92 Å². The monoisotopic (exact) mass is 420 g/mol. The van der Waals surface area contributed by atoms with Crippen LogP contribution in [0, 0.1) is 18.3 Å². The van der Waals surface area contributed by atoms with E-state index in [9.17, 15) is 0 Å². The summed E-state index contributed by atoms with van der Waals surface area (Å²) in [7, 11) is -1.38. The molecule has 2 aliphatic rings. The standard InChI is InChI=1S/C18H23Si.3ClH.Ti/c1-3-19(2,17-11-5-4-6-12-17)18-13-15-9-7-8-10-16(15)14-18;;;;/h4-13,15-16,18H,3,14H2,1-2H3;3*1H;/q-1;;;;+4/p-3. The Labute approximate surface area is 175 Å². The van der Waals surface area contributed by atoms with Crippen LogP contribution in [-0.2, 0) is 21.7 Å². The maximum Gasteiger partial charge on any atom is 4.00 e. The maximum atomic E-state index is 2.66. The van der Waals surface area contributed by atoms with Crippen molar-refractivity contribution in [3.8, 4) is 0 Å². The Morgan fingerprint density at radius 1 is 1.04 bits per heavy atom. The first-order valence-electron chi connectivity index (χ1n) is 7.49. The van der Waals surface area contributed by atoms with E-state index in [4.69, 9.17) is 0 Å². The van der Waals surface area contributed by atoms with Crippen LogP contribution in [0.25, 0.3) is 0 Å². The molecule has 23 heavy (non-hydrogen) atoms. The Bertz CT molecular complexity index is 486. The summed E-state index contributed by atoms with van der Waals surface area (Å²) in [5.41, 5.74) is 0.822. The smallest absolute Gasteiger partial charge is 1.00 e. The fourth-order valence-electron chi connectivity index (χ4n) is 3.72. The van der Waals surface area contributed by atoms with Crippen LogP contribution >= 0.6 is 0 Å². The summed E-state index contributed by atoms with van der Waals surface area (Å²) < 4.78 is 0. The molecule has 124 valence electrons. The molecule has 0 N–H and O–H groups in total. The summed E-state index contributed by atoms with van der Waals surface area (Å²) in [6.07, 6.45) is 13.3. The summed E-state index contributed by atoms with van der Waals surface area (Å²) in [6, 6.07) is 12.6. The van der Waals surface area contributed by atoms with Gasteiger partial charge in [-0.2, -0.15) is 5.54 Å². The molecule has 2 aliphatic carbocycles. The minimum atomic E-state index is -1.38. The second-order valence-electron chi connectivity index (χ2n) is 6.18. The predicted molar refractivity (Wildman–Crippen MR) is 86.1 cm³/mol. The van der Waals surface area contributed by atoms with E-state index < -0.39 is 8.07 Å². The molecule has 0 aromatic heterocycles. The molecule has 0 spiro atoms. The zero-order valence-corrected chi connectivity index (χ0v) is 18.4. The van der Waals surface area contributed by atoms with E-state index in [0.717, 1.165) is 11.5 Å². The summed E-state index contributed by atoms with van der Waals surface area (Å²) in [5.74, 6) is 1.45. The Morgan fingerprint density at radius 2 is 1.65 bits per heavy atom. The second kappa shape index (κ2) is 11.2. The van der Waals surface area contributed by atoms with Gasteiger partial charge in [-0.05, 0) is 5.92 Å². The average Bonchev–Trinajstić information content (AvgIpc) is 2.92. The van der Waals surface area contributed by atoms with Crippen LogP contribution in [0.4, 0.5) is 0 Å². The molecule has 0 heterocycles. The minimum absolute atomic E-state index is 0. The number of rotatable bonds is 3. The molecule has 0 saturated heterocycles. The number of fused-ring (bicyclic) bond motifs is 1. The molecular weight excluding hydrogens is 399 g/mol. The van der Waals surface area contributed by atoms with Crippen LogP contribution in [0.1, 0.15) is 13.3 Å². The van der Waals surface area contributed by atoms with Crippen molar-refractivity contribution in [2.45, 2.75) is 31.5 Å². The maximum absolute atomic E-state index is 2.66. The van der Waals surface area contributed by atoms with Crippen molar-refractivity contribution in [3.05, 3.63) is 61.1 Å². The summed E-state index contributed by atoms with van der Waals surface area (Å²) >= 11 is 0. The van der Waals surface area contributed by atoms with Gasteiger partial charge in [0.15, 0.2) is 0 Å². The molecule has 4 unspecified atom stereocenters. The first-order chi connectivity index (χ1) is 9.24. The summed E-state index contributed by atoms with van der Waals surface area (Å²) in [5, 5.41) is 1.63. The quantitative estimate of drug-likeness (QED) is 0.340. The van der Waals surface area contributed by atoms with Crippen molar-refractivity contribution in [1.29, 1.82) is 0 Å². The molecular formula is C18H23Cl3SiTi. The summed E-state index contributed by atoms with van der Waals surface area (Å²) in [4.78, 5) is 0. The topological polar surface area (TPSA) is 0 Å². The van der Waals surface area contributed by atoms with Gasteiger partial charge in [-0.1, -0.05) is 79.7 Å². The number of halogens is 3. The predicted octanol–water partition coefficient (Wildman–Crippen LogP) is -4.66. The van der Waals surface area contributed by atoms with E-state index in [1.807, 2.05) is 0 Å². The van der Waals surface area contributed by atoms with Gasteiger partial charge < -0.3 is 43.6 Å². The fraction of sp³-hybridized carbons (Fsp3) is 0.389. The first kappa shape index (κ1) is 25.7. The molecule has 0 nitrogen and oxygen atoms in total. The van der Waals surface area contributed by atoms with Gasteiger partial charge in [-0.3, -0.25) is 0 Å². The van der Waals surface area contributed by atoms with Crippen molar-refractivity contribution in [2.75, 3.05) is 0 Å². The van der Waals surface area contributed by atoms with Crippen LogP contribution < -0.4 is 42.4 Å². The third-order valence-electron chi connectivity index (χ3n) is 5.26. The SMILES string of the molecule is CC[Si](C)(c1ccccc1)C1[CH-]C2C=CC=CC2C1.[Cl-].[Cl-].[Cl-].[Ti+4]. The van der Waals surface area contributed by atoms with E-state index in [2.05, 4.69) is 74.5 Å². The zero-order chi connectivity index (χ0) is 13.3. The van der Waals surface area contributed by atoms with Gasteiger partial charge in [-0.25, -0.2) is 0 Å². The molecule has 1 saturated carbocycles. The van der Waals surface area contributed by atoms with Gasteiger partial charge >= 0.3 is 21.7 Å². The minimum Gasteiger partial charge on any atom is -1.00 e. The van der Waals surface area contributed by atoms with Gasteiger partial charge in [0.1, 0.15) is 0 Å². The Morgan fingerprint density at radius 3 is 2.22 bits per heavy atom. The average molecular weight is 422 g/mol. The zero-order valence-electron chi connectivity index (χ0n) is 13.6. The number of benzene rings is 1. The third kappa shape index (κ3) is 5.24. The van der Waals surface area contributed by atoms with Crippen LogP contribution in [0.5, 0.6) is 0 Å². The Hall–Kier alpha value is 0.501. The Kier molecular flexibility index (Phi) is 12.5. The van der Waals surface area contributed by atoms with Crippen LogP contribution in [-0.4, -0.2) is 8.07 Å². The van der Waals surface area contributed by atoms with Crippen LogP contribution in [0.15, 0.2) is 54.6 Å². The summed E-state index contributed by atoms with van der Waals surface area (Å²) in [6.45, 7) is 4.97. The van der Waals surface area contributed by atoms with E-state index >= 15 is 0 Å². The molecule has 0 aliphatic heterocycles. The van der Waals surface area contributed by atoms with Crippen LogP contribution in [0.2, 0.25) is 18.1 Å². The Balaban J connectivity index is 0. The van der Waals surface area contributed by atoms with Gasteiger partial charge in [0.25, 0.3) is 0 Å². The normalized spacial score (nSPS) is 26.4. The number of allylic oxidation sites excluding steroid dienone is 4. The third-order valence-corrected chi connectivity index (χ3v) is 10.4.